The van der Waals surface area contributed by atoms with Crippen LogP contribution in [-0.2, 0) is 10.3 Å². The van der Waals surface area contributed by atoms with Crippen molar-refractivity contribution in [3.05, 3.63) is 58.4 Å². The molecule has 1 unspecified atom stereocenters. The van der Waals surface area contributed by atoms with E-state index in [1.807, 2.05) is 0 Å². The predicted molar refractivity (Wildman–Crippen MR) is 159 cm³/mol. The second-order valence-corrected chi connectivity index (χ2v) is 19.9. The van der Waals surface area contributed by atoms with Crippen molar-refractivity contribution in [1.82, 2.24) is 19.2 Å². The lowest BCUT2D eigenvalue weighted by molar-refractivity contribution is 0.0645. The van der Waals surface area contributed by atoms with Gasteiger partial charge in [0.15, 0.2) is 5.83 Å². The van der Waals surface area contributed by atoms with Gasteiger partial charge in [0, 0.05) is 27.3 Å². The van der Waals surface area contributed by atoms with E-state index in [1.165, 1.54) is 25.4 Å². The van der Waals surface area contributed by atoms with E-state index in [1.54, 1.807) is 6.92 Å². The van der Waals surface area contributed by atoms with Gasteiger partial charge in [0.25, 0.3) is 0 Å². The zero-order valence-corrected chi connectivity index (χ0v) is 26.0. The number of aromatic nitrogens is 2. The van der Waals surface area contributed by atoms with Crippen molar-refractivity contribution in [1.29, 1.82) is 0 Å². The number of nitrogens with zero attached hydrogens (tertiary/aromatic N) is 5. The van der Waals surface area contributed by atoms with Gasteiger partial charge in [-0.2, -0.15) is 0 Å². The van der Waals surface area contributed by atoms with Crippen molar-refractivity contribution in [3.8, 4) is 0 Å². The monoisotopic (exact) mass is 629 g/mol. The maximum atomic E-state index is 15.5. The minimum absolute atomic E-state index is 0.0331. The second kappa shape index (κ2) is 11.2. The van der Waals surface area contributed by atoms with E-state index in [-0.39, 0.29) is 27.9 Å². The normalized spacial score (nSPS) is 22.3. The van der Waals surface area contributed by atoms with Crippen molar-refractivity contribution >= 4 is 54.4 Å². The van der Waals surface area contributed by atoms with E-state index in [0.717, 1.165) is 33.6 Å². The average molecular weight is 630 g/mol. The van der Waals surface area contributed by atoms with Gasteiger partial charge in [-0.15, -0.1) is 10.8 Å². The lowest BCUT2D eigenvalue weighted by Crippen LogP contribution is -2.58. The van der Waals surface area contributed by atoms with Crippen LogP contribution in [0.1, 0.15) is 36.6 Å². The van der Waals surface area contributed by atoms with Crippen LogP contribution >= 0.6 is 22.4 Å². The van der Waals surface area contributed by atoms with Crippen LogP contribution in [0.5, 0.6) is 0 Å². The van der Waals surface area contributed by atoms with Crippen LogP contribution in [0.15, 0.2) is 35.6 Å². The van der Waals surface area contributed by atoms with Gasteiger partial charge in [-0.3, -0.25) is 9.11 Å². The Morgan fingerprint density at radius 1 is 1.27 bits per heavy atom. The molecule has 1 amide bonds. The molecule has 1 aliphatic carbocycles. The Kier molecular flexibility index (Phi) is 8.57. The summed E-state index contributed by atoms with van der Waals surface area (Å²) in [7, 11) is -3.80. The number of carboxylic acid groups (broad SMARTS) is 1. The first kappa shape index (κ1) is 31.3. The number of ether oxygens (including phenoxy) is 1. The standard InChI is InChI=1S/C26H34ClF2N5O5SSi/c1-25(18-12-17(6-7-19(18)28)13-20(29)21-14-31-22(27)15-30-21)26(8-9-26)40(37,38)33(2)23(32-25)34(24(35)36)16-39-10-11-41(3,4)5/h6-7,12-15,37-38H,8-11,16H2,1-5H3,(H,35,36). The van der Waals surface area contributed by atoms with Gasteiger partial charge in [-0.25, -0.2) is 37.7 Å². The third-order valence-electron chi connectivity index (χ3n) is 7.47. The molecule has 0 bridgehead atoms. The summed E-state index contributed by atoms with van der Waals surface area (Å²) in [6.07, 6.45) is 2.69. The van der Waals surface area contributed by atoms with Crippen LogP contribution < -0.4 is 0 Å². The molecular weight excluding hydrogens is 596 g/mol. The molecule has 2 aromatic rings. The van der Waals surface area contributed by atoms with Gasteiger partial charge < -0.3 is 9.84 Å². The van der Waals surface area contributed by atoms with Crippen LogP contribution in [0.3, 0.4) is 0 Å². The molecule has 0 saturated heterocycles. The van der Waals surface area contributed by atoms with E-state index < -0.39 is 53.6 Å². The van der Waals surface area contributed by atoms with E-state index in [9.17, 15) is 23.4 Å². The fourth-order valence-corrected chi connectivity index (χ4v) is 7.90. The Balaban J connectivity index is 1.77. The largest absolute Gasteiger partial charge is 0.465 e. The fourth-order valence-electron chi connectivity index (χ4n) is 4.82. The Morgan fingerprint density at radius 2 is 1.95 bits per heavy atom. The van der Waals surface area contributed by atoms with Gasteiger partial charge in [0.1, 0.15) is 33.7 Å². The van der Waals surface area contributed by atoms with Crippen LogP contribution in [0.4, 0.5) is 13.6 Å². The van der Waals surface area contributed by atoms with Crippen LogP contribution in [0, 0.1) is 5.82 Å². The van der Waals surface area contributed by atoms with Gasteiger partial charge in [0.05, 0.1) is 12.4 Å². The molecule has 15 heteroatoms. The van der Waals surface area contributed by atoms with E-state index in [4.69, 9.17) is 21.3 Å². The summed E-state index contributed by atoms with van der Waals surface area (Å²) < 4.78 is 58.9. The molecule has 224 valence electrons. The molecule has 1 aromatic heterocycles. The highest BCUT2D eigenvalue weighted by Gasteiger charge is 2.71. The van der Waals surface area contributed by atoms with Crippen molar-refractivity contribution in [2.45, 2.75) is 55.7 Å². The third-order valence-corrected chi connectivity index (χ3v) is 12.1. The summed E-state index contributed by atoms with van der Waals surface area (Å²) in [4.78, 5) is 25.5. The maximum absolute atomic E-state index is 15.5. The zero-order valence-electron chi connectivity index (χ0n) is 23.4. The first-order valence-electron chi connectivity index (χ1n) is 12.9. The summed E-state index contributed by atoms with van der Waals surface area (Å²) in [5, 5.41) is 10.1. The molecule has 1 saturated carbocycles. The van der Waals surface area contributed by atoms with Crippen molar-refractivity contribution in [2.24, 2.45) is 4.99 Å². The lowest BCUT2D eigenvalue weighted by Gasteiger charge is -2.57. The lowest BCUT2D eigenvalue weighted by atomic mass is 9.85. The Labute approximate surface area is 245 Å². The van der Waals surface area contributed by atoms with Crippen LogP contribution in [0.25, 0.3) is 11.9 Å². The van der Waals surface area contributed by atoms with E-state index in [2.05, 4.69) is 29.6 Å². The minimum atomic E-state index is -3.70. The fraction of sp³-hybridized carbons (Fsp3) is 0.462. The predicted octanol–water partition coefficient (Wildman–Crippen LogP) is 6.74. The highest BCUT2D eigenvalue weighted by Crippen LogP contribution is 2.76. The number of carbonyl (C=O) groups is 1. The SMILES string of the molecule is CN1C(N(COCC[Si](C)(C)C)C(=O)O)=NC(C)(c2cc(C=C(F)c3cnc(Cl)cn3)ccc2F)C2(CC2)S1(O)O. The van der Waals surface area contributed by atoms with Crippen molar-refractivity contribution in [3.63, 3.8) is 0 Å². The number of halogens is 3. The molecule has 2 heterocycles. The highest BCUT2D eigenvalue weighted by molar-refractivity contribution is 8.24. The highest BCUT2D eigenvalue weighted by atomic mass is 35.5. The van der Waals surface area contributed by atoms with E-state index in [0.29, 0.717) is 19.4 Å². The molecule has 4 rings (SSSR count). The van der Waals surface area contributed by atoms with Gasteiger partial charge in [-0.05, 0) is 49.6 Å². The molecule has 2 aliphatic rings. The molecule has 41 heavy (non-hydrogen) atoms. The molecular formula is C26H34ClF2N5O5SSi. The first-order valence-corrected chi connectivity index (χ1v) is 18.5. The minimum Gasteiger partial charge on any atom is -0.465 e. The topological polar surface area (TPSA) is 132 Å². The molecule has 1 atom stereocenters. The Morgan fingerprint density at radius 3 is 2.51 bits per heavy atom. The Hall–Kier alpha value is -2.62. The van der Waals surface area contributed by atoms with Crippen molar-refractivity contribution in [2.75, 3.05) is 20.4 Å². The van der Waals surface area contributed by atoms with E-state index >= 15 is 4.39 Å². The number of rotatable bonds is 8. The average Bonchev–Trinajstić information content (AvgIpc) is 3.70. The second-order valence-electron chi connectivity index (χ2n) is 11.5. The zero-order chi connectivity index (χ0) is 30.4. The van der Waals surface area contributed by atoms with Crippen LogP contribution in [0.2, 0.25) is 30.8 Å². The summed E-state index contributed by atoms with van der Waals surface area (Å²) in [6, 6.07) is 4.66. The number of amides is 1. The quantitative estimate of drug-likeness (QED) is 0.166. The summed E-state index contributed by atoms with van der Waals surface area (Å²) >= 11 is 5.73. The Bertz CT molecular complexity index is 1390. The number of hydrogen-bond donors (Lipinski definition) is 3. The number of hydrogen-bond acceptors (Lipinski definition) is 8. The first-order chi connectivity index (χ1) is 19.0. The number of guanidine groups is 1. The van der Waals surface area contributed by atoms with Crippen LogP contribution in [-0.4, -0.2) is 78.6 Å². The molecule has 1 fully saturated rings. The molecule has 1 aromatic carbocycles. The number of benzene rings is 1. The van der Waals surface area contributed by atoms with Gasteiger partial charge in [0.2, 0.25) is 5.96 Å². The maximum Gasteiger partial charge on any atom is 0.416 e. The van der Waals surface area contributed by atoms with Gasteiger partial charge >= 0.3 is 6.09 Å². The molecule has 1 aliphatic heterocycles. The molecule has 10 nitrogen and oxygen atoms in total. The van der Waals surface area contributed by atoms with Gasteiger partial charge in [-0.1, -0.05) is 37.3 Å². The summed E-state index contributed by atoms with van der Waals surface area (Å²) in [5.41, 5.74) is -1.46. The summed E-state index contributed by atoms with van der Waals surface area (Å²) in [5.74, 6) is -1.74. The van der Waals surface area contributed by atoms with Crippen molar-refractivity contribution < 1.29 is 32.5 Å². The third kappa shape index (κ3) is 5.99. The molecule has 1 spiro atoms. The summed E-state index contributed by atoms with van der Waals surface area (Å²) in [6.45, 7) is 7.94. The smallest absolute Gasteiger partial charge is 0.416 e. The molecule has 0 radical (unpaired) electrons. The number of aliphatic imine (C=N–C) groups is 1. The molecule has 3 N–H and O–H groups in total.